The summed E-state index contributed by atoms with van der Waals surface area (Å²) >= 11 is 0. The van der Waals surface area contributed by atoms with E-state index in [2.05, 4.69) is 0 Å². The van der Waals surface area contributed by atoms with Crippen LogP contribution in [0.2, 0.25) is 0 Å². The maximum atomic E-state index is 9.41. The Bertz CT molecular complexity index is 27.7. The van der Waals surface area contributed by atoms with Gasteiger partial charge in [0.2, 0.25) is 0 Å². The van der Waals surface area contributed by atoms with Crippen molar-refractivity contribution in [1.82, 2.24) is 0 Å². The van der Waals surface area contributed by atoms with Gasteiger partial charge in [-0.15, -0.1) is 0 Å². The maximum Gasteiger partial charge on any atom is 1.00 e. The molecular weight excluding hydrogens is 133 g/mol. The van der Waals surface area contributed by atoms with Crippen molar-refractivity contribution in [2.45, 2.75) is 6.92 Å². The van der Waals surface area contributed by atoms with E-state index < -0.39 is 8.38 Å². The van der Waals surface area contributed by atoms with E-state index >= 15 is 0 Å². The van der Waals surface area contributed by atoms with Crippen molar-refractivity contribution in [2.75, 3.05) is 6.16 Å². The summed E-state index contributed by atoms with van der Waals surface area (Å²) in [6.45, 7) is 1.60. The Morgan fingerprint density at radius 1 is 1.29 bits per heavy atom. The van der Waals surface area contributed by atoms with Gasteiger partial charge in [-0.3, -0.25) is 0 Å². The Labute approximate surface area is 89.2 Å². The fourth-order valence-electron chi connectivity index (χ4n) is 0. The molecule has 0 aromatic heterocycles. The molecule has 0 heterocycles. The van der Waals surface area contributed by atoms with Gasteiger partial charge in [-0.2, -0.15) is 0 Å². The largest absolute Gasteiger partial charge is 1.00 e. The van der Waals surface area contributed by atoms with Crippen LogP contribution in [0.4, 0.5) is 0 Å². The summed E-state index contributed by atoms with van der Waals surface area (Å²) in [5.74, 6) is 0. The first-order valence-electron chi connectivity index (χ1n) is 1.39. The van der Waals surface area contributed by atoms with Crippen LogP contribution < -0.4 is 68.9 Å². The second-order valence-corrected chi connectivity index (χ2v) is 1.95. The normalized spacial score (nSPS) is 6.86. The van der Waals surface area contributed by atoms with E-state index in [0.29, 0.717) is 0 Å². The minimum absolute atomic E-state index is 0. The summed E-state index contributed by atoms with van der Waals surface area (Å²) in [5, 5.41) is 0. The van der Waals surface area contributed by atoms with Crippen LogP contribution in [0.15, 0.2) is 0 Å². The molecule has 0 unspecified atom stereocenters. The van der Waals surface area contributed by atoms with Gasteiger partial charge in [-0.05, 0) is 0 Å². The van der Waals surface area contributed by atoms with Crippen molar-refractivity contribution in [1.29, 1.82) is 0 Å². The predicted octanol–water partition coefficient (Wildman–Crippen LogP) is -6.95. The Morgan fingerprint density at radius 2 is 1.43 bits per heavy atom. The van der Waals surface area contributed by atoms with Crippen LogP contribution in [0.1, 0.15) is 6.92 Å². The van der Waals surface area contributed by atoms with Gasteiger partial charge < -0.3 is 18.2 Å². The standard InChI is InChI=1S/C2H5O2P.2Na/c1-2-5(3)4;;/h2H2,1H3;;/q-2;2*+1. The number of hydrogen-bond donors (Lipinski definition) is 0. The topological polar surface area (TPSA) is 46.1 Å². The summed E-state index contributed by atoms with van der Waals surface area (Å²) in [6, 6.07) is 0. The third kappa shape index (κ3) is 17.8. The third-order valence-electron chi connectivity index (χ3n) is 0.258. The van der Waals surface area contributed by atoms with Crippen LogP contribution in [-0.4, -0.2) is 6.16 Å². The molecule has 0 bridgehead atoms. The van der Waals surface area contributed by atoms with Crippen molar-refractivity contribution in [2.24, 2.45) is 0 Å². The first-order chi connectivity index (χ1) is 2.27. The smallest absolute Gasteiger partial charge is 0.842 e. The van der Waals surface area contributed by atoms with Gasteiger partial charge in [0.25, 0.3) is 0 Å². The minimum atomic E-state index is -2.10. The molecule has 0 aromatic carbocycles. The van der Waals surface area contributed by atoms with Gasteiger partial charge in [0.15, 0.2) is 0 Å². The SMILES string of the molecule is CCP([O-])[O-].[Na+].[Na+]. The van der Waals surface area contributed by atoms with Crippen LogP contribution >= 0.6 is 8.38 Å². The quantitative estimate of drug-likeness (QED) is 0.267. The van der Waals surface area contributed by atoms with Gasteiger partial charge in [-0.1, -0.05) is 13.1 Å². The van der Waals surface area contributed by atoms with Gasteiger partial charge >= 0.3 is 59.1 Å². The zero-order valence-electron chi connectivity index (χ0n) is 4.97. The van der Waals surface area contributed by atoms with E-state index in [4.69, 9.17) is 0 Å². The van der Waals surface area contributed by atoms with Gasteiger partial charge in [0.1, 0.15) is 0 Å². The van der Waals surface area contributed by atoms with Crippen LogP contribution in [0.5, 0.6) is 0 Å². The molecule has 0 radical (unpaired) electrons. The Kier molecular flexibility index (Phi) is 25.8. The monoisotopic (exact) mass is 138 g/mol. The van der Waals surface area contributed by atoms with Crippen molar-refractivity contribution in [3.05, 3.63) is 0 Å². The molecule has 0 aliphatic rings. The molecule has 0 N–H and O–H groups in total. The molecule has 0 aliphatic heterocycles. The van der Waals surface area contributed by atoms with Crippen LogP contribution in [-0.2, 0) is 0 Å². The molecule has 0 saturated carbocycles. The average Bonchev–Trinajstić information content (AvgIpc) is 1.38. The molecule has 7 heavy (non-hydrogen) atoms. The van der Waals surface area contributed by atoms with Gasteiger partial charge in [0, 0.05) is 0 Å². The van der Waals surface area contributed by atoms with E-state index in [1.54, 1.807) is 6.92 Å². The molecule has 0 aliphatic carbocycles. The molecule has 2 nitrogen and oxygen atoms in total. The van der Waals surface area contributed by atoms with Crippen LogP contribution in [0, 0.1) is 0 Å². The van der Waals surface area contributed by atoms with Gasteiger partial charge in [-0.25, -0.2) is 0 Å². The van der Waals surface area contributed by atoms with Crippen LogP contribution in [0.25, 0.3) is 0 Å². The molecule has 0 atom stereocenters. The zero-order chi connectivity index (χ0) is 4.28. The van der Waals surface area contributed by atoms with E-state index in [0.717, 1.165) is 0 Å². The fraction of sp³-hybridized carbons (Fsp3) is 1.00. The zero-order valence-corrected chi connectivity index (χ0v) is 9.87. The van der Waals surface area contributed by atoms with Gasteiger partial charge in [0.05, 0.1) is 0 Å². The molecule has 0 saturated heterocycles. The summed E-state index contributed by atoms with van der Waals surface area (Å²) in [7, 11) is -2.10. The Morgan fingerprint density at radius 3 is 1.43 bits per heavy atom. The predicted molar refractivity (Wildman–Crippen MR) is 17.5 cm³/mol. The second kappa shape index (κ2) is 11.2. The molecule has 0 amide bonds. The third-order valence-corrected chi connectivity index (χ3v) is 0.775. The summed E-state index contributed by atoms with van der Waals surface area (Å²) in [4.78, 5) is 18.8. The fourth-order valence-corrected chi connectivity index (χ4v) is 0. The van der Waals surface area contributed by atoms with E-state index in [9.17, 15) is 9.79 Å². The van der Waals surface area contributed by atoms with Crippen molar-refractivity contribution in [3.63, 3.8) is 0 Å². The van der Waals surface area contributed by atoms with Crippen LogP contribution in [0.3, 0.4) is 0 Å². The number of rotatable bonds is 1. The number of hydrogen-bond acceptors (Lipinski definition) is 2. The molecule has 0 aromatic rings. The van der Waals surface area contributed by atoms with E-state index in [-0.39, 0.29) is 65.3 Å². The second-order valence-electron chi connectivity index (χ2n) is 0.649. The molecule has 32 valence electrons. The first kappa shape index (κ1) is 16.2. The van der Waals surface area contributed by atoms with E-state index in [1.807, 2.05) is 0 Å². The average molecular weight is 138 g/mol. The van der Waals surface area contributed by atoms with Crippen molar-refractivity contribution in [3.8, 4) is 0 Å². The molecule has 0 rings (SSSR count). The van der Waals surface area contributed by atoms with Crippen molar-refractivity contribution >= 4 is 8.38 Å². The molecule has 0 spiro atoms. The molecule has 5 heteroatoms. The minimum Gasteiger partial charge on any atom is -0.842 e. The first-order valence-corrected chi connectivity index (χ1v) is 2.75. The molecular formula is C2H5Na2O2P. The summed E-state index contributed by atoms with van der Waals surface area (Å²) in [6.07, 6.45) is 0.259. The summed E-state index contributed by atoms with van der Waals surface area (Å²) < 4.78 is 0. The van der Waals surface area contributed by atoms with E-state index in [1.165, 1.54) is 0 Å². The maximum absolute atomic E-state index is 9.41. The molecule has 0 fully saturated rings. The van der Waals surface area contributed by atoms with Crippen molar-refractivity contribution < 1.29 is 68.9 Å². The Balaban J connectivity index is -0.0000000800. The Hall–Kier alpha value is 2.35. The summed E-state index contributed by atoms with van der Waals surface area (Å²) in [5.41, 5.74) is 0.